The van der Waals surface area contributed by atoms with Crippen LogP contribution in [0.2, 0.25) is 0 Å². The number of halogens is 2. The van der Waals surface area contributed by atoms with E-state index >= 15 is 0 Å². The Balaban J connectivity index is 2.23. The van der Waals surface area contributed by atoms with Gasteiger partial charge in [-0.1, -0.05) is 5.16 Å². The van der Waals surface area contributed by atoms with Crippen molar-refractivity contribution in [1.29, 1.82) is 0 Å². The van der Waals surface area contributed by atoms with E-state index in [2.05, 4.69) is 47.1 Å². The second kappa shape index (κ2) is 3.59. The first kappa shape index (κ1) is 8.89. The Labute approximate surface area is 90.4 Å². The van der Waals surface area contributed by atoms with Crippen LogP contribution in [-0.4, -0.2) is 19.9 Å². The molecule has 0 N–H and O–H groups in total. The second-order valence-electron chi connectivity index (χ2n) is 2.29. The average Bonchev–Trinajstić information content (AvgIpc) is 2.63. The molecule has 0 saturated carbocycles. The van der Waals surface area contributed by atoms with Gasteiger partial charge in [-0.05, 0) is 31.9 Å². The molecule has 68 valence electrons. The molecule has 0 spiro atoms. The number of hydrogen-bond donors (Lipinski definition) is 0. The maximum atomic E-state index is 4.93. The number of nitrogens with zero attached hydrogens (tertiary/aromatic N) is 4. The van der Waals surface area contributed by atoms with Crippen LogP contribution in [0.4, 0.5) is 0 Å². The van der Waals surface area contributed by atoms with Crippen molar-refractivity contribution in [2.24, 2.45) is 0 Å². The van der Waals surface area contributed by atoms with Gasteiger partial charge in [-0.25, -0.2) is 4.68 Å². The molecule has 2 rings (SSSR count). The van der Waals surface area contributed by atoms with Crippen LogP contribution in [0.5, 0.6) is 0 Å². The minimum absolute atomic E-state index is 0.513. The maximum absolute atomic E-state index is 4.93. The van der Waals surface area contributed by atoms with E-state index in [1.807, 2.05) is 0 Å². The molecule has 0 radical (unpaired) electrons. The van der Waals surface area contributed by atoms with E-state index in [-0.39, 0.29) is 0 Å². The van der Waals surface area contributed by atoms with E-state index in [9.17, 15) is 0 Å². The minimum atomic E-state index is 0.513. The maximum Gasteiger partial charge on any atom is 0.218 e. The molecule has 0 unspecified atom stereocenters. The average molecular weight is 308 g/mol. The van der Waals surface area contributed by atoms with Gasteiger partial charge in [-0.3, -0.25) is 0 Å². The molecule has 7 heteroatoms. The van der Waals surface area contributed by atoms with E-state index in [4.69, 9.17) is 4.52 Å². The van der Waals surface area contributed by atoms with Gasteiger partial charge in [0.25, 0.3) is 0 Å². The van der Waals surface area contributed by atoms with Gasteiger partial charge >= 0.3 is 0 Å². The summed E-state index contributed by atoms with van der Waals surface area (Å²) in [7, 11) is 0. The summed E-state index contributed by atoms with van der Waals surface area (Å²) < 4.78 is 7.77. The lowest BCUT2D eigenvalue weighted by atomic mass is 10.5. The van der Waals surface area contributed by atoms with Gasteiger partial charge in [-0.15, -0.1) is 5.10 Å². The van der Waals surface area contributed by atoms with Crippen molar-refractivity contribution < 1.29 is 4.52 Å². The van der Waals surface area contributed by atoms with Gasteiger partial charge < -0.3 is 4.52 Å². The first-order valence-electron chi connectivity index (χ1n) is 3.41. The highest BCUT2D eigenvalue weighted by atomic mass is 79.9. The molecular formula is C6H4Br2N4O. The molecule has 5 nitrogen and oxygen atoms in total. The zero-order valence-corrected chi connectivity index (χ0v) is 9.49. The van der Waals surface area contributed by atoms with Crippen LogP contribution in [0, 0.1) is 0 Å². The second-order valence-corrected chi connectivity index (χ2v) is 3.70. The molecule has 0 saturated heterocycles. The van der Waals surface area contributed by atoms with Crippen molar-refractivity contribution in [3.8, 4) is 0 Å². The van der Waals surface area contributed by atoms with Crippen LogP contribution in [0.25, 0.3) is 0 Å². The topological polar surface area (TPSA) is 56.7 Å². The lowest BCUT2D eigenvalue weighted by Gasteiger charge is -1.95. The fraction of sp³-hybridized carbons (Fsp3) is 0.167. The molecule has 0 aliphatic rings. The van der Waals surface area contributed by atoms with Crippen LogP contribution in [0.1, 0.15) is 5.76 Å². The SMILES string of the molecule is Brc1nc(Br)n(Cc2ccno2)n1. The van der Waals surface area contributed by atoms with Crippen LogP contribution in [0.15, 0.2) is 26.3 Å². The van der Waals surface area contributed by atoms with Crippen molar-refractivity contribution >= 4 is 31.9 Å². The lowest BCUT2D eigenvalue weighted by molar-refractivity contribution is 0.370. The van der Waals surface area contributed by atoms with Crippen molar-refractivity contribution in [3.05, 3.63) is 27.5 Å². The normalized spacial score (nSPS) is 10.6. The standard InChI is InChI=1S/C6H4Br2N4O/c7-5-10-6(8)12(11-5)3-4-1-2-9-13-4/h1-2H,3H2. The molecule has 2 heterocycles. The highest BCUT2D eigenvalue weighted by Crippen LogP contribution is 2.12. The van der Waals surface area contributed by atoms with E-state index in [0.29, 0.717) is 16.0 Å². The fourth-order valence-electron chi connectivity index (χ4n) is 0.869. The third kappa shape index (κ3) is 1.97. The molecule has 0 aliphatic carbocycles. The van der Waals surface area contributed by atoms with Crippen LogP contribution in [0.3, 0.4) is 0 Å². The third-order valence-electron chi connectivity index (χ3n) is 1.40. The van der Waals surface area contributed by atoms with Gasteiger partial charge in [0.15, 0.2) is 10.5 Å². The first-order valence-corrected chi connectivity index (χ1v) is 5.00. The summed E-state index contributed by atoms with van der Waals surface area (Å²) in [5, 5.41) is 7.66. The summed E-state index contributed by atoms with van der Waals surface area (Å²) >= 11 is 6.43. The van der Waals surface area contributed by atoms with Gasteiger partial charge in [0, 0.05) is 6.07 Å². The largest absolute Gasteiger partial charge is 0.359 e. The molecule has 0 amide bonds. The van der Waals surface area contributed by atoms with Gasteiger partial charge in [0.05, 0.1) is 6.20 Å². The smallest absolute Gasteiger partial charge is 0.218 e. The molecule has 0 aliphatic heterocycles. The zero-order chi connectivity index (χ0) is 9.26. The Morgan fingerprint density at radius 2 is 2.31 bits per heavy atom. The highest BCUT2D eigenvalue weighted by Gasteiger charge is 2.06. The van der Waals surface area contributed by atoms with Gasteiger partial charge in [0.2, 0.25) is 4.73 Å². The van der Waals surface area contributed by atoms with Crippen molar-refractivity contribution in [2.45, 2.75) is 6.54 Å². The molecule has 0 bridgehead atoms. The quantitative estimate of drug-likeness (QED) is 0.849. The van der Waals surface area contributed by atoms with Crippen LogP contribution < -0.4 is 0 Å². The Morgan fingerprint density at radius 1 is 1.46 bits per heavy atom. The zero-order valence-electron chi connectivity index (χ0n) is 6.31. The Hall–Kier alpha value is -0.690. The molecule has 0 atom stereocenters. The van der Waals surface area contributed by atoms with E-state index in [1.54, 1.807) is 16.9 Å². The lowest BCUT2D eigenvalue weighted by Crippen LogP contribution is -2.00. The molecular weight excluding hydrogens is 304 g/mol. The number of rotatable bonds is 2. The Kier molecular flexibility index (Phi) is 2.45. The molecule has 0 aromatic carbocycles. The third-order valence-corrected chi connectivity index (χ3v) is 2.32. The Bertz CT molecular complexity index is 397. The van der Waals surface area contributed by atoms with E-state index in [0.717, 1.165) is 5.76 Å². The van der Waals surface area contributed by atoms with E-state index in [1.165, 1.54) is 0 Å². The molecule has 2 aromatic rings. The van der Waals surface area contributed by atoms with E-state index < -0.39 is 0 Å². The minimum Gasteiger partial charge on any atom is -0.359 e. The van der Waals surface area contributed by atoms with Gasteiger partial charge in [0.1, 0.15) is 6.54 Å². The molecule has 2 aromatic heterocycles. The van der Waals surface area contributed by atoms with Crippen molar-refractivity contribution in [1.82, 2.24) is 19.9 Å². The summed E-state index contributed by atoms with van der Waals surface area (Å²) in [5.41, 5.74) is 0. The summed E-state index contributed by atoms with van der Waals surface area (Å²) in [6, 6.07) is 1.78. The first-order chi connectivity index (χ1) is 6.25. The monoisotopic (exact) mass is 306 g/mol. The predicted molar refractivity (Wildman–Crippen MR) is 51.0 cm³/mol. The molecule has 13 heavy (non-hydrogen) atoms. The van der Waals surface area contributed by atoms with Gasteiger partial charge in [-0.2, -0.15) is 4.98 Å². The summed E-state index contributed by atoms with van der Waals surface area (Å²) in [6.45, 7) is 0.513. The summed E-state index contributed by atoms with van der Waals surface area (Å²) in [6.07, 6.45) is 1.59. The number of aromatic nitrogens is 4. The summed E-state index contributed by atoms with van der Waals surface area (Å²) in [5.74, 6) is 0.734. The van der Waals surface area contributed by atoms with Crippen molar-refractivity contribution in [2.75, 3.05) is 0 Å². The van der Waals surface area contributed by atoms with Crippen LogP contribution in [-0.2, 0) is 6.54 Å². The highest BCUT2D eigenvalue weighted by molar-refractivity contribution is 9.11. The summed E-state index contributed by atoms with van der Waals surface area (Å²) in [4.78, 5) is 4.01. The number of hydrogen-bond acceptors (Lipinski definition) is 4. The van der Waals surface area contributed by atoms with Crippen molar-refractivity contribution in [3.63, 3.8) is 0 Å². The molecule has 0 fully saturated rings. The van der Waals surface area contributed by atoms with Crippen LogP contribution >= 0.6 is 31.9 Å². The fourth-order valence-corrected chi connectivity index (χ4v) is 1.84. The predicted octanol–water partition coefficient (Wildman–Crippen LogP) is 1.84. The Morgan fingerprint density at radius 3 is 2.85 bits per heavy atom.